The number of phenols is 6. The maximum Gasteiger partial charge on any atom is 0.430 e. The molecule has 7 rings (SSSR count). The number of primary amides is 2. The summed E-state index contributed by atoms with van der Waals surface area (Å²) in [7, 11) is 0. The molecule has 14 N–H and O–H groups in total. The summed E-state index contributed by atoms with van der Waals surface area (Å²) >= 11 is 0. The summed E-state index contributed by atoms with van der Waals surface area (Å²) in [5.41, 5.74) is 22.8. The number of carbonyl (C=O) groups excluding carboxylic acids is 2. The molecule has 14 nitrogen and oxygen atoms in total. The molecule has 2 amide bonds. The van der Waals surface area contributed by atoms with E-state index in [2.05, 4.69) is 201 Å². The van der Waals surface area contributed by atoms with Gasteiger partial charge in [-0.1, -0.05) is 288 Å². The van der Waals surface area contributed by atoms with Crippen LogP contribution in [0.3, 0.4) is 0 Å². The summed E-state index contributed by atoms with van der Waals surface area (Å²) in [5, 5.41) is 81.4. The van der Waals surface area contributed by atoms with Gasteiger partial charge in [0, 0.05) is 34.8 Å². The smallest absolute Gasteiger partial charge is 0.430 e. The number of hydrogen-bond donors (Lipinski definition) is 11. The number of para-hydroxylation sites is 1. The van der Waals surface area contributed by atoms with Crippen LogP contribution in [0.15, 0.2) is 103 Å². The molecule has 0 aliphatic rings. The van der Waals surface area contributed by atoms with Crippen molar-refractivity contribution in [1.29, 1.82) is 0 Å². The zero-order valence-electron chi connectivity index (χ0n) is 77.2. The zero-order chi connectivity index (χ0) is 92.5. The molecule has 0 bridgehead atoms. The number of aliphatic hydroxyl groups is 2. The van der Waals surface area contributed by atoms with Gasteiger partial charge in [0.15, 0.2) is 0 Å². The van der Waals surface area contributed by atoms with E-state index >= 15 is 0 Å². The van der Waals surface area contributed by atoms with Crippen molar-refractivity contribution in [2.24, 2.45) is 11.5 Å². The molecule has 0 fully saturated rings. The van der Waals surface area contributed by atoms with Gasteiger partial charge in [-0.2, -0.15) is 26.3 Å². The highest BCUT2D eigenvalue weighted by atomic mass is 19.4. The lowest BCUT2D eigenvalue weighted by atomic mass is 9.78. The number of aromatic nitrogens is 1. The molecule has 0 saturated heterocycles. The van der Waals surface area contributed by atoms with Gasteiger partial charge < -0.3 is 58.1 Å². The number of rotatable bonds is 20. The van der Waals surface area contributed by atoms with Crippen LogP contribution in [-0.2, 0) is 48.7 Å². The predicted molar refractivity (Wildman–Crippen MR) is 479 cm³/mol. The van der Waals surface area contributed by atoms with Crippen molar-refractivity contribution in [3.05, 3.63) is 198 Å². The third-order valence-electron chi connectivity index (χ3n) is 21.0. The van der Waals surface area contributed by atoms with Crippen LogP contribution in [0.4, 0.5) is 32.0 Å². The van der Waals surface area contributed by atoms with E-state index < -0.39 is 47.4 Å². The topological polar surface area (TPSA) is 287 Å². The van der Waals surface area contributed by atoms with E-state index in [4.69, 9.17) is 17.2 Å². The van der Waals surface area contributed by atoms with Gasteiger partial charge in [0.2, 0.25) is 5.60 Å². The summed E-state index contributed by atoms with van der Waals surface area (Å²) in [4.78, 5) is 26.4. The molecule has 0 radical (unpaired) electrons. The van der Waals surface area contributed by atoms with Crippen molar-refractivity contribution in [3.63, 3.8) is 0 Å². The number of nitrogen functional groups attached to an aromatic ring is 1. The summed E-state index contributed by atoms with van der Waals surface area (Å²) in [6, 6.07) is 28.1. The number of benzene rings is 6. The monoisotopic (exact) mass is 1670 g/mol. The molecule has 2 unspecified atom stereocenters. The van der Waals surface area contributed by atoms with E-state index in [0.717, 1.165) is 103 Å². The van der Waals surface area contributed by atoms with E-state index in [-0.39, 0.29) is 74.0 Å². The lowest BCUT2D eigenvalue weighted by Gasteiger charge is -2.29. The first kappa shape index (κ1) is 106. The highest BCUT2D eigenvalue weighted by Crippen LogP contribution is 2.47. The Balaban J connectivity index is 0.000000491. The lowest BCUT2D eigenvalue weighted by Crippen LogP contribution is -2.55. The molecule has 7 aromatic rings. The molecule has 20 heteroatoms. The van der Waals surface area contributed by atoms with Crippen LogP contribution in [-0.4, -0.2) is 75.6 Å². The standard InChI is InChI=1S/C21H32F3NO3.C21H27NO.C16H26O.C15H20F3NO3.C14H22O.C12H19NO/c1-13(2)16-11-15(12-17(14(3)4)18(16)26)9-7-5-6-8-10-20(28,19(25)27)21(22,23)24;1-20(2,3)17-12-16(10-9-15-8-7-11-22-14-15)13-18(19(17)23)21(4,5)6;1-10(2)13-8-12(16(5,6)7)9-14(11(3)4)15(13)17;1-7(2)10-5-9(6-11(8(3)4)12(10)20)14(22,13(19)21)15(16,17)18;1-13(2,3)10-8-7-9-11(12(10)15)14(4,5)6;1-7(2)10-5-9(13)6-11(8(3)4)12(10)14/h11-14,26,28H,5-10H2,1-4H3,(H2,25,27);7-14,23H,1-6H3;8-11,17H,1-7H3;5-8,20,22H,1-4H3,(H2,19,21);7-9,15H,1-6H3;5-8,14H,13H2,1-4H3/b;10-9+;;;;. The average molecular weight is 1670 g/mol. The van der Waals surface area contributed by atoms with Gasteiger partial charge in [-0.05, 0) is 220 Å². The van der Waals surface area contributed by atoms with Crippen LogP contribution in [0.25, 0.3) is 12.2 Å². The van der Waals surface area contributed by atoms with E-state index in [9.17, 15) is 76.8 Å². The number of phenolic OH excluding ortho intramolecular Hbond substituents is 6. The van der Waals surface area contributed by atoms with Crippen LogP contribution < -0.4 is 17.2 Å². The Morgan fingerprint density at radius 1 is 0.370 bits per heavy atom. The number of carbonyl (C=O) groups is 2. The van der Waals surface area contributed by atoms with Crippen molar-refractivity contribution >= 4 is 29.7 Å². The van der Waals surface area contributed by atoms with E-state index in [1.807, 2.05) is 88.5 Å². The van der Waals surface area contributed by atoms with Crippen molar-refractivity contribution < 1.29 is 76.8 Å². The molecular formula is C99H146F6N4O10. The Labute approximate surface area is 708 Å². The molecule has 119 heavy (non-hydrogen) atoms. The highest BCUT2D eigenvalue weighted by molar-refractivity contribution is 5.86. The number of unbranched alkanes of at least 4 members (excludes halogenated alkanes) is 3. The van der Waals surface area contributed by atoms with Crippen LogP contribution >= 0.6 is 0 Å². The maximum absolute atomic E-state index is 13.2. The third kappa shape index (κ3) is 29.5. The Bertz CT molecular complexity index is 4300. The van der Waals surface area contributed by atoms with Crippen LogP contribution in [0.1, 0.15) is 389 Å². The molecule has 6 aromatic carbocycles. The second-order valence-electron chi connectivity index (χ2n) is 39.2. The summed E-state index contributed by atoms with van der Waals surface area (Å²) in [6.45, 7) is 63.7. The van der Waals surface area contributed by atoms with Gasteiger partial charge in [0.05, 0.1) is 0 Å². The van der Waals surface area contributed by atoms with Crippen LogP contribution in [0, 0.1) is 0 Å². The van der Waals surface area contributed by atoms with E-state index in [1.165, 1.54) is 5.56 Å². The number of halogens is 6. The average Bonchev–Trinajstić information content (AvgIpc) is 0.768. The van der Waals surface area contributed by atoms with Crippen molar-refractivity contribution in [3.8, 4) is 34.5 Å². The third-order valence-corrected chi connectivity index (χ3v) is 21.0. The quantitative estimate of drug-likeness (QED) is 0.0147. The first-order valence-corrected chi connectivity index (χ1v) is 41.6. The lowest BCUT2D eigenvalue weighted by molar-refractivity contribution is -0.255. The number of hydrogen-bond acceptors (Lipinski definition) is 12. The molecule has 664 valence electrons. The van der Waals surface area contributed by atoms with Crippen molar-refractivity contribution in [2.45, 2.75) is 351 Å². The fourth-order valence-electron chi connectivity index (χ4n) is 13.3. The minimum absolute atomic E-state index is 0.00859. The molecule has 1 aromatic heterocycles. The first-order valence-electron chi connectivity index (χ1n) is 41.6. The van der Waals surface area contributed by atoms with Gasteiger partial charge in [0.1, 0.15) is 34.5 Å². The summed E-state index contributed by atoms with van der Waals surface area (Å²) < 4.78 is 78.0. The minimum Gasteiger partial charge on any atom is -0.507 e. The van der Waals surface area contributed by atoms with Gasteiger partial charge in [-0.3, -0.25) is 14.6 Å². The normalized spacial score (nSPS) is 13.4. The van der Waals surface area contributed by atoms with E-state index in [1.54, 1.807) is 33.9 Å². The molecule has 0 saturated carbocycles. The van der Waals surface area contributed by atoms with Crippen molar-refractivity contribution in [1.82, 2.24) is 4.98 Å². The van der Waals surface area contributed by atoms with Crippen LogP contribution in [0.2, 0.25) is 0 Å². The van der Waals surface area contributed by atoms with Crippen molar-refractivity contribution in [2.75, 3.05) is 5.73 Å². The minimum atomic E-state index is -5.27. The largest absolute Gasteiger partial charge is 0.507 e. The maximum atomic E-state index is 13.2. The Morgan fingerprint density at radius 2 is 0.681 bits per heavy atom. The fourth-order valence-corrected chi connectivity index (χ4v) is 13.3. The number of aryl methyl sites for hydroxylation is 1. The summed E-state index contributed by atoms with van der Waals surface area (Å²) in [5.74, 6) is -0.607. The number of pyridine rings is 1. The second-order valence-corrected chi connectivity index (χ2v) is 39.2. The highest BCUT2D eigenvalue weighted by Gasteiger charge is 2.60. The molecule has 0 aliphatic heterocycles. The molecule has 1 heterocycles. The van der Waals surface area contributed by atoms with E-state index in [0.29, 0.717) is 65.3 Å². The number of alkyl halides is 6. The molecule has 2 atom stereocenters. The van der Waals surface area contributed by atoms with Gasteiger partial charge in [0.25, 0.3) is 17.4 Å². The van der Waals surface area contributed by atoms with Crippen LogP contribution in [0.5, 0.6) is 34.5 Å². The fraction of sp³-hybridized carbons (Fsp3) is 0.545. The Morgan fingerprint density at radius 3 is 0.966 bits per heavy atom. The number of amides is 2. The molecule has 0 aliphatic carbocycles. The molecule has 0 spiro atoms. The number of anilines is 1. The first-order chi connectivity index (χ1) is 53.9. The second kappa shape index (κ2) is 42.7. The summed E-state index contributed by atoms with van der Waals surface area (Å²) in [6.07, 6.45) is -0.606. The van der Waals surface area contributed by atoms with Gasteiger partial charge >= 0.3 is 12.4 Å². The number of nitrogens with zero attached hydrogens (tertiary/aromatic N) is 1. The predicted octanol–water partition coefficient (Wildman–Crippen LogP) is 25.5. The SMILES string of the molecule is CC(C)(C)c1cc(/C=C/c2cccnc2)cc(C(C)(C)C)c1O.CC(C)(C)c1cccc(C(C)(C)C)c1O.CC(C)c1cc(C(C)(C)C)cc(C(C)C)c1O.CC(C)c1cc(C(O)(C(N)=O)C(F)(F)F)cc(C(C)C)c1O.CC(C)c1cc(CCCCCCC(O)(C(N)=O)C(F)(F)F)cc(C(C)C)c1O.CC(C)c1cc(N)cc(C(C)C)c1O. The number of nitrogens with two attached hydrogens (primary N) is 3. The number of aromatic hydroxyl groups is 6. The molecular weight excluding hydrogens is 1520 g/mol. The van der Waals surface area contributed by atoms with Gasteiger partial charge in [-0.25, -0.2) is 0 Å². The Hall–Kier alpha value is -8.75. The Kier molecular flexibility index (Phi) is 38.1. The van der Waals surface area contributed by atoms with Gasteiger partial charge in [-0.15, -0.1) is 0 Å². The zero-order valence-corrected chi connectivity index (χ0v) is 77.2.